The molecule has 0 saturated carbocycles. The lowest BCUT2D eigenvalue weighted by molar-refractivity contribution is 0.0162. The fourth-order valence-electron chi connectivity index (χ4n) is 2.47. The van der Waals surface area contributed by atoms with Crippen molar-refractivity contribution in [2.75, 3.05) is 51.3 Å². The maximum atomic E-state index is 10.2. The summed E-state index contributed by atoms with van der Waals surface area (Å²) in [6.45, 7) is 6.60. The highest BCUT2D eigenvalue weighted by atomic mass is 79.9. The molecule has 0 aromatic carbocycles. The summed E-state index contributed by atoms with van der Waals surface area (Å²) in [6.07, 6.45) is 1.40. The van der Waals surface area contributed by atoms with E-state index >= 15 is 0 Å². The molecule has 5 nitrogen and oxygen atoms in total. The molecule has 1 aliphatic rings. The summed E-state index contributed by atoms with van der Waals surface area (Å²) in [5.74, 6) is 0.911. The minimum Gasteiger partial charge on any atom is -0.390 e. The van der Waals surface area contributed by atoms with Crippen LogP contribution < -0.4 is 4.90 Å². The Morgan fingerprint density at radius 1 is 1.50 bits per heavy atom. The zero-order chi connectivity index (χ0) is 14.5. The lowest BCUT2D eigenvalue weighted by atomic mass is 10.2. The molecule has 20 heavy (non-hydrogen) atoms. The molecule has 1 unspecified atom stereocenters. The third-order valence-corrected chi connectivity index (χ3v) is 3.87. The van der Waals surface area contributed by atoms with Crippen LogP contribution in [0.4, 0.5) is 5.82 Å². The molecule has 0 amide bonds. The zero-order valence-electron chi connectivity index (χ0n) is 12.0. The van der Waals surface area contributed by atoms with Crippen molar-refractivity contribution >= 4 is 21.7 Å². The molecule has 0 bridgehead atoms. The minimum atomic E-state index is -0.386. The van der Waals surface area contributed by atoms with E-state index in [9.17, 15) is 5.11 Å². The number of aliphatic hydroxyl groups excluding tert-OH is 1. The average Bonchev–Trinajstić information content (AvgIpc) is 2.39. The lowest BCUT2D eigenvalue weighted by Gasteiger charge is -2.30. The SMILES string of the molecule is Cc1cc(Br)cnc1N(C)CC(O)CN1CCOCC1. The van der Waals surface area contributed by atoms with Crippen molar-refractivity contribution in [3.63, 3.8) is 0 Å². The van der Waals surface area contributed by atoms with Gasteiger partial charge < -0.3 is 14.7 Å². The van der Waals surface area contributed by atoms with Crippen LogP contribution in [-0.2, 0) is 4.74 Å². The Hall–Kier alpha value is -0.690. The molecule has 0 spiro atoms. The van der Waals surface area contributed by atoms with Crippen molar-refractivity contribution in [1.82, 2.24) is 9.88 Å². The summed E-state index contributed by atoms with van der Waals surface area (Å²) < 4.78 is 6.28. The molecule has 2 heterocycles. The molecule has 112 valence electrons. The fraction of sp³-hybridized carbons (Fsp3) is 0.643. The first-order valence-electron chi connectivity index (χ1n) is 6.87. The summed E-state index contributed by atoms with van der Waals surface area (Å²) >= 11 is 3.41. The van der Waals surface area contributed by atoms with Gasteiger partial charge in [-0.15, -0.1) is 0 Å². The number of pyridine rings is 1. The molecule has 1 fully saturated rings. The maximum absolute atomic E-state index is 10.2. The Bertz CT molecular complexity index is 438. The molecular weight excluding hydrogens is 322 g/mol. The zero-order valence-corrected chi connectivity index (χ0v) is 13.6. The van der Waals surface area contributed by atoms with Crippen LogP contribution in [-0.4, -0.2) is 67.5 Å². The molecule has 1 saturated heterocycles. The van der Waals surface area contributed by atoms with Gasteiger partial charge >= 0.3 is 0 Å². The number of rotatable bonds is 5. The molecule has 2 rings (SSSR count). The Labute approximate surface area is 128 Å². The van der Waals surface area contributed by atoms with Gasteiger partial charge in [-0.1, -0.05) is 0 Å². The predicted molar refractivity (Wildman–Crippen MR) is 83.2 cm³/mol. The Morgan fingerprint density at radius 3 is 2.85 bits per heavy atom. The van der Waals surface area contributed by atoms with Crippen LogP contribution in [0.25, 0.3) is 0 Å². The van der Waals surface area contributed by atoms with Crippen molar-refractivity contribution in [3.8, 4) is 0 Å². The first kappa shape index (κ1) is 15.7. The number of hydrogen-bond donors (Lipinski definition) is 1. The second kappa shape index (κ2) is 7.36. The number of ether oxygens (including phenoxy) is 1. The third kappa shape index (κ3) is 4.41. The molecule has 1 N–H and O–H groups in total. The van der Waals surface area contributed by atoms with E-state index in [1.165, 1.54) is 0 Å². The second-order valence-electron chi connectivity index (χ2n) is 5.24. The van der Waals surface area contributed by atoms with Gasteiger partial charge in [-0.25, -0.2) is 4.98 Å². The number of nitrogens with zero attached hydrogens (tertiary/aromatic N) is 3. The number of likely N-dealkylation sites (N-methyl/N-ethyl adjacent to an activating group) is 1. The summed E-state index contributed by atoms with van der Waals surface area (Å²) in [5.41, 5.74) is 1.10. The predicted octanol–water partition coefficient (Wildman–Crippen LogP) is 1.28. The molecule has 1 aromatic heterocycles. The molecule has 1 aromatic rings. The number of hydrogen-bond acceptors (Lipinski definition) is 5. The smallest absolute Gasteiger partial charge is 0.131 e. The van der Waals surface area contributed by atoms with Gasteiger partial charge in [0.25, 0.3) is 0 Å². The van der Waals surface area contributed by atoms with Gasteiger partial charge in [0.2, 0.25) is 0 Å². The molecule has 6 heteroatoms. The van der Waals surface area contributed by atoms with Crippen LogP contribution in [0.2, 0.25) is 0 Å². The summed E-state index contributed by atoms with van der Waals surface area (Å²) in [6, 6.07) is 2.03. The lowest BCUT2D eigenvalue weighted by Crippen LogP contribution is -2.44. The van der Waals surface area contributed by atoms with Crippen LogP contribution in [0.15, 0.2) is 16.7 Å². The van der Waals surface area contributed by atoms with E-state index in [0.29, 0.717) is 13.1 Å². The van der Waals surface area contributed by atoms with Gasteiger partial charge in [-0.05, 0) is 34.5 Å². The van der Waals surface area contributed by atoms with Crippen molar-refractivity contribution in [2.45, 2.75) is 13.0 Å². The Balaban J connectivity index is 1.87. The molecule has 1 aliphatic heterocycles. The largest absolute Gasteiger partial charge is 0.390 e. The normalized spacial score (nSPS) is 18.0. The van der Waals surface area contributed by atoms with E-state index in [0.717, 1.165) is 42.2 Å². The van der Waals surface area contributed by atoms with Crippen LogP contribution in [0.1, 0.15) is 5.56 Å². The van der Waals surface area contributed by atoms with Gasteiger partial charge in [0, 0.05) is 43.9 Å². The number of anilines is 1. The number of aryl methyl sites for hydroxylation is 1. The van der Waals surface area contributed by atoms with Gasteiger partial charge in [0.15, 0.2) is 0 Å². The highest BCUT2D eigenvalue weighted by Crippen LogP contribution is 2.19. The molecule has 1 atom stereocenters. The first-order valence-corrected chi connectivity index (χ1v) is 7.67. The monoisotopic (exact) mass is 343 g/mol. The molecule has 0 radical (unpaired) electrons. The van der Waals surface area contributed by atoms with Gasteiger partial charge in [-0.2, -0.15) is 0 Å². The maximum Gasteiger partial charge on any atom is 0.131 e. The van der Waals surface area contributed by atoms with Gasteiger partial charge in [0.1, 0.15) is 5.82 Å². The topological polar surface area (TPSA) is 48.8 Å². The number of aromatic nitrogens is 1. The van der Waals surface area contributed by atoms with Gasteiger partial charge in [0.05, 0.1) is 19.3 Å². The number of aliphatic hydroxyl groups is 1. The van der Waals surface area contributed by atoms with E-state index in [4.69, 9.17) is 4.74 Å². The van der Waals surface area contributed by atoms with Crippen molar-refractivity contribution < 1.29 is 9.84 Å². The van der Waals surface area contributed by atoms with Crippen molar-refractivity contribution in [3.05, 3.63) is 22.3 Å². The third-order valence-electron chi connectivity index (χ3n) is 3.44. The highest BCUT2D eigenvalue weighted by Gasteiger charge is 2.17. The minimum absolute atomic E-state index is 0.386. The summed E-state index contributed by atoms with van der Waals surface area (Å²) in [7, 11) is 1.96. The first-order chi connectivity index (χ1) is 9.56. The number of morpholine rings is 1. The summed E-state index contributed by atoms with van der Waals surface area (Å²) in [5, 5.41) is 10.2. The quantitative estimate of drug-likeness (QED) is 0.872. The fourth-order valence-corrected chi connectivity index (χ4v) is 2.92. The summed E-state index contributed by atoms with van der Waals surface area (Å²) in [4.78, 5) is 8.66. The Morgan fingerprint density at radius 2 is 2.20 bits per heavy atom. The van der Waals surface area contributed by atoms with E-state index in [1.54, 1.807) is 6.20 Å². The van der Waals surface area contributed by atoms with E-state index in [-0.39, 0.29) is 6.10 Å². The van der Waals surface area contributed by atoms with E-state index < -0.39 is 0 Å². The number of β-amino-alcohol motifs (C(OH)–C–C–N with tert-alkyl or cyclic N) is 1. The van der Waals surface area contributed by atoms with E-state index in [2.05, 4.69) is 25.8 Å². The van der Waals surface area contributed by atoms with Gasteiger partial charge in [-0.3, -0.25) is 4.90 Å². The van der Waals surface area contributed by atoms with Crippen LogP contribution in [0, 0.1) is 6.92 Å². The Kier molecular flexibility index (Phi) is 5.77. The standard InChI is InChI=1S/C14H22BrN3O2/c1-11-7-12(15)8-16-14(11)17(2)9-13(19)10-18-3-5-20-6-4-18/h7-8,13,19H,3-6,9-10H2,1-2H3. The molecular formula is C14H22BrN3O2. The van der Waals surface area contributed by atoms with Crippen molar-refractivity contribution in [1.29, 1.82) is 0 Å². The van der Waals surface area contributed by atoms with E-state index in [1.807, 2.05) is 24.9 Å². The van der Waals surface area contributed by atoms with Crippen LogP contribution >= 0.6 is 15.9 Å². The second-order valence-corrected chi connectivity index (χ2v) is 6.16. The number of halogens is 1. The molecule has 0 aliphatic carbocycles. The highest BCUT2D eigenvalue weighted by molar-refractivity contribution is 9.10. The van der Waals surface area contributed by atoms with Crippen LogP contribution in [0.5, 0.6) is 0 Å². The average molecular weight is 344 g/mol. The van der Waals surface area contributed by atoms with Crippen molar-refractivity contribution in [2.24, 2.45) is 0 Å². The van der Waals surface area contributed by atoms with Crippen LogP contribution in [0.3, 0.4) is 0 Å².